The molecule has 1 aliphatic rings. The number of ether oxygens (including phenoxy) is 1. The second kappa shape index (κ2) is 4.22. The van der Waals surface area contributed by atoms with Crippen LogP contribution in [-0.2, 0) is 4.74 Å². The van der Waals surface area contributed by atoms with Crippen molar-refractivity contribution in [1.82, 2.24) is 10.6 Å². The highest BCUT2D eigenvalue weighted by Crippen LogP contribution is 2.23. The lowest BCUT2D eigenvalue weighted by Crippen LogP contribution is -2.49. The Bertz CT molecular complexity index is 269. The Balaban J connectivity index is 2.39. The largest absolute Gasteiger partial charge is 0.444 e. The van der Waals surface area contributed by atoms with Crippen LogP contribution < -0.4 is 16.4 Å². The summed E-state index contributed by atoms with van der Waals surface area (Å²) < 4.78 is 5.18. The number of nitrogens with two attached hydrogens (primary N) is 1. The van der Waals surface area contributed by atoms with Crippen molar-refractivity contribution in [3.05, 3.63) is 0 Å². The number of rotatable bonds is 3. The second-order valence-electron chi connectivity index (χ2n) is 5.62. The van der Waals surface area contributed by atoms with Gasteiger partial charge >= 0.3 is 6.09 Å². The number of amides is 1. The number of carbonyl (C=O) groups excluding carboxylic acids is 1. The highest BCUT2D eigenvalue weighted by Gasteiger charge is 2.45. The van der Waals surface area contributed by atoms with E-state index in [1.807, 2.05) is 34.6 Å². The SMILES string of the molecule is CC(NC(=O)OC(C)(C)C)[C@H](C)[C@]1(N)CN1. The van der Waals surface area contributed by atoms with Crippen LogP contribution in [0.1, 0.15) is 34.6 Å². The molecule has 1 saturated heterocycles. The van der Waals surface area contributed by atoms with E-state index in [9.17, 15) is 4.79 Å². The lowest BCUT2D eigenvalue weighted by molar-refractivity contribution is 0.0488. The van der Waals surface area contributed by atoms with Gasteiger partial charge < -0.3 is 15.8 Å². The average molecular weight is 229 g/mol. The molecule has 1 unspecified atom stereocenters. The molecule has 0 aromatic rings. The lowest BCUT2D eigenvalue weighted by atomic mass is 9.95. The molecule has 0 radical (unpaired) electrons. The van der Waals surface area contributed by atoms with E-state index in [0.717, 1.165) is 6.54 Å². The van der Waals surface area contributed by atoms with Gasteiger partial charge in [0.1, 0.15) is 5.60 Å². The van der Waals surface area contributed by atoms with Gasteiger partial charge in [0.15, 0.2) is 0 Å². The summed E-state index contributed by atoms with van der Waals surface area (Å²) in [6, 6.07) is -0.0187. The molecular formula is C11H23N3O2. The summed E-state index contributed by atoms with van der Waals surface area (Å²) in [5, 5.41) is 5.90. The van der Waals surface area contributed by atoms with Crippen molar-refractivity contribution >= 4 is 6.09 Å². The first-order valence-corrected chi connectivity index (χ1v) is 5.67. The molecule has 1 aliphatic heterocycles. The van der Waals surface area contributed by atoms with E-state index in [1.165, 1.54) is 0 Å². The van der Waals surface area contributed by atoms with E-state index in [-0.39, 0.29) is 17.6 Å². The van der Waals surface area contributed by atoms with Crippen LogP contribution in [0, 0.1) is 5.92 Å². The zero-order valence-electron chi connectivity index (χ0n) is 10.8. The number of alkyl carbamates (subject to hydrolysis) is 1. The highest BCUT2D eigenvalue weighted by molar-refractivity contribution is 5.68. The van der Waals surface area contributed by atoms with E-state index in [4.69, 9.17) is 10.5 Å². The van der Waals surface area contributed by atoms with Crippen molar-refractivity contribution in [2.24, 2.45) is 11.7 Å². The van der Waals surface area contributed by atoms with Gasteiger partial charge in [0.25, 0.3) is 0 Å². The highest BCUT2D eigenvalue weighted by atomic mass is 16.6. The van der Waals surface area contributed by atoms with Crippen LogP contribution in [-0.4, -0.2) is 29.9 Å². The summed E-state index contributed by atoms with van der Waals surface area (Å²) >= 11 is 0. The van der Waals surface area contributed by atoms with Crippen LogP contribution in [0.3, 0.4) is 0 Å². The van der Waals surface area contributed by atoms with Crippen molar-refractivity contribution in [2.75, 3.05) is 6.54 Å². The van der Waals surface area contributed by atoms with Crippen molar-refractivity contribution in [2.45, 2.75) is 51.9 Å². The third-order valence-electron chi connectivity index (χ3n) is 2.89. The van der Waals surface area contributed by atoms with Gasteiger partial charge in [-0.1, -0.05) is 6.92 Å². The molecule has 4 N–H and O–H groups in total. The molecule has 0 aliphatic carbocycles. The van der Waals surface area contributed by atoms with Crippen molar-refractivity contribution in [1.29, 1.82) is 0 Å². The summed E-state index contributed by atoms with van der Waals surface area (Å²) in [7, 11) is 0. The van der Waals surface area contributed by atoms with Crippen molar-refractivity contribution in [3.8, 4) is 0 Å². The molecule has 5 nitrogen and oxygen atoms in total. The van der Waals surface area contributed by atoms with E-state index < -0.39 is 11.7 Å². The first kappa shape index (κ1) is 13.3. The molecule has 1 amide bonds. The van der Waals surface area contributed by atoms with Gasteiger partial charge in [0, 0.05) is 18.5 Å². The molecule has 0 saturated carbocycles. The van der Waals surface area contributed by atoms with Crippen LogP contribution in [0.15, 0.2) is 0 Å². The zero-order valence-corrected chi connectivity index (χ0v) is 10.8. The Morgan fingerprint density at radius 2 is 2.00 bits per heavy atom. The predicted octanol–water partition coefficient (Wildman–Crippen LogP) is 0.794. The fourth-order valence-corrected chi connectivity index (χ4v) is 1.49. The van der Waals surface area contributed by atoms with Crippen molar-refractivity contribution in [3.63, 3.8) is 0 Å². The van der Waals surface area contributed by atoms with Crippen LogP contribution in [0.5, 0.6) is 0 Å². The van der Waals surface area contributed by atoms with Gasteiger partial charge in [-0.3, -0.25) is 5.32 Å². The van der Waals surface area contributed by atoms with E-state index >= 15 is 0 Å². The summed E-state index contributed by atoms with van der Waals surface area (Å²) in [6.45, 7) is 10.3. The maximum atomic E-state index is 11.5. The molecule has 5 heteroatoms. The Labute approximate surface area is 97.1 Å². The minimum atomic E-state index is -0.467. The number of hydrogen-bond acceptors (Lipinski definition) is 4. The monoisotopic (exact) mass is 229 g/mol. The summed E-state index contributed by atoms with van der Waals surface area (Å²) in [6.07, 6.45) is -0.392. The second-order valence-corrected chi connectivity index (χ2v) is 5.62. The van der Waals surface area contributed by atoms with Gasteiger partial charge in [0.05, 0.1) is 5.66 Å². The van der Waals surface area contributed by atoms with Gasteiger partial charge in [-0.2, -0.15) is 0 Å². The van der Waals surface area contributed by atoms with Gasteiger partial charge in [-0.25, -0.2) is 4.79 Å². The Morgan fingerprint density at radius 1 is 1.50 bits per heavy atom. The lowest BCUT2D eigenvalue weighted by Gasteiger charge is -2.27. The third kappa shape index (κ3) is 3.64. The predicted molar refractivity (Wildman–Crippen MR) is 62.9 cm³/mol. The standard InChI is InChI=1S/C11H23N3O2/c1-7(11(12)6-13-11)8(2)14-9(15)16-10(3,4)5/h7-8,13H,6,12H2,1-5H3,(H,14,15)/t7-,8?,11-/m0/s1. The van der Waals surface area contributed by atoms with Crippen LogP contribution in [0.2, 0.25) is 0 Å². The number of carbonyl (C=O) groups is 1. The Kier molecular flexibility index (Phi) is 3.50. The zero-order chi connectivity index (χ0) is 12.6. The minimum absolute atomic E-state index is 0.0187. The first-order chi connectivity index (χ1) is 7.14. The van der Waals surface area contributed by atoms with Crippen molar-refractivity contribution < 1.29 is 9.53 Å². The van der Waals surface area contributed by atoms with Crippen LogP contribution >= 0.6 is 0 Å². The van der Waals surface area contributed by atoms with Crippen LogP contribution in [0.4, 0.5) is 4.79 Å². The molecule has 0 spiro atoms. The topological polar surface area (TPSA) is 86.3 Å². The number of nitrogens with one attached hydrogen (secondary N) is 2. The fraction of sp³-hybridized carbons (Fsp3) is 0.909. The molecular weight excluding hydrogens is 206 g/mol. The fourth-order valence-electron chi connectivity index (χ4n) is 1.49. The summed E-state index contributed by atoms with van der Waals surface area (Å²) in [5.41, 5.74) is 5.20. The minimum Gasteiger partial charge on any atom is -0.444 e. The van der Waals surface area contributed by atoms with E-state index in [2.05, 4.69) is 10.6 Å². The third-order valence-corrected chi connectivity index (χ3v) is 2.89. The van der Waals surface area contributed by atoms with E-state index in [0.29, 0.717) is 0 Å². The molecule has 1 rings (SSSR count). The molecule has 1 fully saturated rings. The summed E-state index contributed by atoms with van der Waals surface area (Å²) in [5.74, 6) is 0.167. The molecule has 0 bridgehead atoms. The molecule has 1 heterocycles. The average Bonchev–Trinajstić information content (AvgIpc) is 2.79. The molecule has 94 valence electrons. The molecule has 0 aromatic carbocycles. The molecule has 0 aromatic heterocycles. The van der Waals surface area contributed by atoms with Gasteiger partial charge in [-0.15, -0.1) is 0 Å². The molecule has 3 atom stereocenters. The maximum Gasteiger partial charge on any atom is 0.407 e. The normalized spacial score (nSPS) is 28.1. The Hall–Kier alpha value is -0.810. The number of hydrogen-bond donors (Lipinski definition) is 3. The maximum absolute atomic E-state index is 11.5. The smallest absolute Gasteiger partial charge is 0.407 e. The van der Waals surface area contributed by atoms with Gasteiger partial charge in [0.2, 0.25) is 0 Å². The first-order valence-electron chi connectivity index (χ1n) is 5.67. The van der Waals surface area contributed by atoms with Gasteiger partial charge in [-0.05, 0) is 27.7 Å². The Morgan fingerprint density at radius 3 is 2.38 bits per heavy atom. The molecule has 16 heavy (non-hydrogen) atoms. The quantitative estimate of drug-likeness (QED) is 0.625. The summed E-state index contributed by atoms with van der Waals surface area (Å²) in [4.78, 5) is 11.5. The van der Waals surface area contributed by atoms with Crippen LogP contribution in [0.25, 0.3) is 0 Å². The van der Waals surface area contributed by atoms with E-state index in [1.54, 1.807) is 0 Å².